The predicted octanol–water partition coefficient (Wildman–Crippen LogP) is 4.38. The summed E-state index contributed by atoms with van der Waals surface area (Å²) >= 11 is 4.94. The fourth-order valence-electron chi connectivity index (χ4n) is 6.68. The van der Waals surface area contributed by atoms with E-state index >= 15 is 0 Å². The molecule has 5 rings (SSSR count). The molecule has 0 aromatic carbocycles. The number of hydrogen-bond donors (Lipinski definition) is 2. The van der Waals surface area contributed by atoms with Crippen LogP contribution >= 0.6 is 27.3 Å². The highest BCUT2D eigenvalue weighted by atomic mass is 79.9. The third kappa shape index (κ3) is 4.29. The number of carbonyl (C=O) groups is 1. The number of nitrogen functional groups attached to an aromatic ring is 1. The lowest BCUT2D eigenvalue weighted by Crippen LogP contribution is -2.73. The minimum atomic E-state index is -0.286. The highest BCUT2D eigenvalue weighted by molar-refractivity contribution is 9.10. The summed E-state index contributed by atoms with van der Waals surface area (Å²) in [6, 6.07) is 2.08. The van der Waals surface area contributed by atoms with E-state index in [9.17, 15) is 4.79 Å². The van der Waals surface area contributed by atoms with Gasteiger partial charge in [0.05, 0.1) is 23.5 Å². The van der Waals surface area contributed by atoms with E-state index in [1.54, 1.807) is 16.2 Å². The number of piperidine rings is 2. The number of nitrogens with zero attached hydrogens (tertiary/aromatic N) is 6. The van der Waals surface area contributed by atoms with E-state index in [2.05, 4.69) is 94.0 Å². The van der Waals surface area contributed by atoms with Crippen LogP contribution < -0.4 is 16.1 Å². The van der Waals surface area contributed by atoms with Crippen molar-refractivity contribution < 1.29 is 9.63 Å². The molecule has 0 spiro atoms. The standard InChI is InChI=1S/C26H37BrN8O2S/c1-24(2)11-19(37-32-23(36)18-12-29-15-38-18)26(5,25(3,4)33(24)6)16-8-7-9-34(13-16)17-10-20(27)35-21(17)22(28)30-14-31-35/h10,12,14-16,19H,7-9,11,13H2,1-6H3,(H,32,36)(H2,28,30,31)/t16-,19+,26-/m0/s1. The summed E-state index contributed by atoms with van der Waals surface area (Å²) in [7, 11) is 2.21. The highest BCUT2D eigenvalue weighted by Crippen LogP contribution is 2.56. The molecule has 0 bridgehead atoms. The quantitative estimate of drug-likeness (QED) is 0.412. The van der Waals surface area contributed by atoms with Crippen molar-refractivity contribution in [2.45, 2.75) is 71.1 Å². The van der Waals surface area contributed by atoms with E-state index in [-0.39, 0.29) is 34.4 Å². The van der Waals surface area contributed by atoms with Crippen LogP contribution in [-0.4, -0.2) is 67.7 Å². The lowest BCUT2D eigenvalue weighted by Gasteiger charge is -2.65. The van der Waals surface area contributed by atoms with Gasteiger partial charge in [-0.15, -0.1) is 11.3 Å². The Balaban J connectivity index is 1.49. The molecule has 3 atom stereocenters. The first-order chi connectivity index (χ1) is 17.9. The number of rotatable bonds is 5. The van der Waals surface area contributed by atoms with Crippen LogP contribution in [0.25, 0.3) is 5.52 Å². The monoisotopic (exact) mass is 604 g/mol. The Labute approximate surface area is 236 Å². The first kappa shape index (κ1) is 27.3. The number of hydrogen-bond acceptors (Lipinski definition) is 9. The maximum atomic E-state index is 12.8. The largest absolute Gasteiger partial charge is 0.382 e. The number of aromatic nitrogens is 4. The van der Waals surface area contributed by atoms with Crippen molar-refractivity contribution in [2.24, 2.45) is 11.3 Å². The SMILES string of the molecule is CN1C(C)(C)C[C@@H](ONC(=O)c2cncs2)[C@](C)([C@H]2CCCN(c3cc(Br)n4ncnc(N)c34)C2)C1(C)C. The number of amides is 1. The molecule has 2 aliphatic rings. The topological polar surface area (TPSA) is 114 Å². The smallest absolute Gasteiger partial charge is 0.286 e. The molecule has 0 unspecified atom stereocenters. The molecule has 2 fully saturated rings. The normalized spacial score (nSPS) is 27.5. The number of halogens is 1. The first-order valence-electron chi connectivity index (χ1n) is 13.0. The zero-order chi connectivity index (χ0) is 27.5. The van der Waals surface area contributed by atoms with Crippen molar-refractivity contribution >= 4 is 50.2 Å². The molecule has 3 aromatic heterocycles. The third-order valence-electron chi connectivity index (χ3n) is 9.50. The second-order valence-electron chi connectivity index (χ2n) is 11.9. The molecule has 12 heteroatoms. The van der Waals surface area contributed by atoms with Crippen LogP contribution in [0.2, 0.25) is 0 Å². The molecule has 0 radical (unpaired) electrons. The zero-order valence-electron chi connectivity index (χ0n) is 22.9. The molecule has 1 amide bonds. The Morgan fingerprint density at radius 2 is 2.05 bits per heavy atom. The molecule has 206 valence electrons. The molecule has 2 aliphatic heterocycles. The Morgan fingerprint density at radius 3 is 2.76 bits per heavy atom. The molecular formula is C26H37BrN8O2S. The summed E-state index contributed by atoms with van der Waals surface area (Å²) < 4.78 is 2.64. The van der Waals surface area contributed by atoms with E-state index < -0.39 is 0 Å². The number of carbonyl (C=O) groups excluding carboxylic acids is 1. The average Bonchev–Trinajstić information content (AvgIpc) is 3.54. The minimum Gasteiger partial charge on any atom is -0.382 e. The summed E-state index contributed by atoms with van der Waals surface area (Å²) in [6.45, 7) is 13.2. The van der Waals surface area contributed by atoms with Crippen LogP contribution in [0.3, 0.4) is 0 Å². The summed E-state index contributed by atoms with van der Waals surface area (Å²) in [5.74, 6) is 0.491. The minimum absolute atomic E-state index is 0.119. The van der Waals surface area contributed by atoms with Crippen molar-refractivity contribution in [2.75, 3.05) is 30.8 Å². The van der Waals surface area contributed by atoms with Crippen LogP contribution in [0.4, 0.5) is 11.5 Å². The van der Waals surface area contributed by atoms with Gasteiger partial charge in [0.15, 0.2) is 5.82 Å². The van der Waals surface area contributed by atoms with Gasteiger partial charge in [-0.2, -0.15) is 5.10 Å². The van der Waals surface area contributed by atoms with Gasteiger partial charge in [-0.1, -0.05) is 6.92 Å². The molecule has 2 saturated heterocycles. The van der Waals surface area contributed by atoms with Gasteiger partial charge in [-0.3, -0.25) is 19.5 Å². The number of fused-ring (bicyclic) bond motifs is 1. The van der Waals surface area contributed by atoms with E-state index in [0.29, 0.717) is 10.7 Å². The van der Waals surface area contributed by atoms with E-state index in [4.69, 9.17) is 10.6 Å². The van der Waals surface area contributed by atoms with Gasteiger partial charge in [-0.05, 0) is 81.9 Å². The second-order valence-corrected chi connectivity index (χ2v) is 13.6. The Kier molecular flexibility index (Phi) is 6.98. The van der Waals surface area contributed by atoms with Crippen molar-refractivity contribution in [3.63, 3.8) is 0 Å². The van der Waals surface area contributed by atoms with E-state index in [1.807, 2.05) is 0 Å². The molecule has 0 aliphatic carbocycles. The number of hydroxylamine groups is 1. The lowest BCUT2D eigenvalue weighted by atomic mass is 9.54. The summed E-state index contributed by atoms with van der Waals surface area (Å²) in [4.78, 5) is 32.9. The molecule has 10 nitrogen and oxygen atoms in total. The summed E-state index contributed by atoms with van der Waals surface area (Å²) in [5, 5.41) is 4.38. The van der Waals surface area contributed by atoms with E-state index in [1.165, 1.54) is 17.7 Å². The average molecular weight is 606 g/mol. The fraction of sp³-hybridized carbons (Fsp3) is 0.615. The molecule has 3 aromatic rings. The summed E-state index contributed by atoms with van der Waals surface area (Å²) in [5.41, 5.74) is 11.9. The molecule has 3 N–H and O–H groups in total. The van der Waals surface area contributed by atoms with Gasteiger partial charge in [0.25, 0.3) is 5.91 Å². The Bertz CT molecular complexity index is 1330. The van der Waals surface area contributed by atoms with Crippen molar-refractivity contribution in [1.82, 2.24) is 30.0 Å². The fourth-order valence-corrected chi connectivity index (χ4v) is 7.67. The lowest BCUT2D eigenvalue weighted by molar-refractivity contribution is -0.218. The van der Waals surface area contributed by atoms with Crippen molar-refractivity contribution in [1.29, 1.82) is 0 Å². The zero-order valence-corrected chi connectivity index (χ0v) is 25.3. The van der Waals surface area contributed by atoms with Crippen molar-refractivity contribution in [3.05, 3.63) is 33.6 Å². The number of anilines is 2. The second kappa shape index (κ2) is 9.72. The number of likely N-dealkylation sites (tertiary alicyclic amines) is 1. The van der Waals surface area contributed by atoms with Crippen LogP contribution in [0, 0.1) is 11.3 Å². The van der Waals surface area contributed by atoms with Gasteiger partial charge >= 0.3 is 0 Å². The first-order valence-corrected chi connectivity index (χ1v) is 14.7. The molecular weight excluding hydrogens is 568 g/mol. The third-order valence-corrected chi connectivity index (χ3v) is 10.8. The molecule has 5 heterocycles. The Hall–Kier alpha value is -2.28. The maximum Gasteiger partial charge on any atom is 0.286 e. The number of thiazole rings is 1. The van der Waals surface area contributed by atoms with Crippen LogP contribution in [0.15, 0.2) is 28.7 Å². The van der Waals surface area contributed by atoms with Gasteiger partial charge in [0, 0.05) is 29.6 Å². The van der Waals surface area contributed by atoms with Gasteiger partial charge in [0.2, 0.25) is 0 Å². The van der Waals surface area contributed by atoms with Gasteiger partial charge < -0.3 is 10.6 Å². The molecule has 38 heavy (non-hydrogen) atoms. The Morgan fingerprint density at radius 1 is 1.29 bits per heavy atom. The predicted molar refractivity (Wildman–Crippen MR) is 153 cm³/mol. The molecule has 0 saturated carbocycles. The van der Waals surface area contributed by atoms with Gasteiger partial charge in [-0.25, -0.2) is 15.0 Å². The number of nitrogens with two attached hydrogens (primary N) is 1. The highest BCUT2D eigenvalue weighted by Gasteiger charge is 2.61. The van der Waals surface area contributed by atoms with Crippen LogP contribution in [0.5, 0.6) is 0 Å². The maximum absolute atomic E-state index is 12.8. The van der Waals surface area contributed by atoms with E-state index in [0.717, 1.165) is 48.2 Å². The van der Waals surface area contributed by atoms with Gasteiger partial charge in [0.1, 0.15) is 21.3 Å². The number of nitrogens with one attached hydrogen (secondary N) is 1. The van der Waals surface area contributed by atoms with Crippen LogP contribution in [0.1, 0.15) is 63.6 Å². The summed E-state index contributed by atoms with van der Waals surface area (Å²) in [6.07, 6.45) is 5.72. The van der Waals surface area contributed by atoms with Crippen LogP contribution in [-0.2, 0) is 4.84 Å². The van der Waals surface area contributed by atoms with Crippen molar-refractivity contribution in [3.8, 4) is 0 Å².